The highest BCUT2D eigenvalue weighted by molar-refractivity contribution is 7.80. The summed E-state index contributed by atoms with van der Waals surface area (Å²) in [4.78, 5) is 14.6. The normalized spacial score (nSPS) is 17.1. The fourth-order valence-electron chi connectivity index (χ4n) is 2.49. The van der Waals surface area contributed by atoms with E-state index in [0.717, 1.165) is 6.54 Å². The van der Waals surface area contributed by atoms with E-state index in [1.165, 1.54) is 44.1 Å². The minimum absolute atomic E-state index is 0.173. The molecule has 1 unspecified atom stereocenters. The van der Waals surface area contributed by atoms with Gasteiger partial charge >= 0.3 is 0 Å². The van der Waals surface area contributed by atoms with Gasteiger partial charge in [-0.25, -0.2) is 4.39 Å². The van der Waals surface area contributed by atoms with Crippen molar-refractivity contribution in [2.24, 2.45) is 5.92 Å². The molecule has 0 bridgehead atoms. The van der Waals surface area contributed by atoms with Gasteiger partial charge < -0.3 is 10.2 Å². The molecule has 0 aliphatic carbocycles. The predicted molar refractivity (Wildman–Crippen MR) is 80.8 cm³/mol. The summed E-state index contributed by atoms with van der Waals surface area (Å²) in [5.41, 5.74) is 0.449. The Balaban J connectivity index is 1.80. The molecule has 1 aromatic rings. The average molecular weight is 296 g/mol. The second-order valence-corrected chi connectivity index (χ2v) is 5.97. The molecule has 3 nitrogen and oxygen atoms in total. The number of thiol groups is 1. The number of benzene rings is 1. The van der Waals surface area contributed by atoms with Crippen LogP contribution >= 0.6 is 12.6 Å². The van der Waals surface area contributed by atoms with E-state index >= 15 is 0 Å². The Morgan fingerprint density at radius 3 is 2.80 bits per heavy atom. The van der Waals surface area contributed by atoms with Crippen LogP contribution in [-0.2, 0) is 0 Å². The van der Waals surface area contributed by atoms with Crippen molar-refractivity contribution in [1.82, 2.24) is 10.2 Å². The van der Waals surface area contributed by atoms with Crippen LogP contribution in [-0.4, -0.2) is 37.0 Å². The largest absolute Gasteiger partial charge is 0.352 e. The maximum absolute atomic E-state index is 13.1. The summed E-state index contributed by atoms with van der Waals surface area (Å²) in [5, 5.41) is 2.90. The number of carbonyl (C=O) groups excluding carboxylic acids is 1. The number of halogens is 1. The first-order chi connectivity index (χ1) is 9.56. The standard InChI is InChI=1S/C15H21FN2OS/c1-11(10-18-6-2-3-7-18)9-17-15(19)12-4-5-13(16)14(20)8-12/h4-5,8,11,20H,2-3,6-7,9-10H2,1H3,(H,17,19). The van der Waals surface area contributed by atoms with Crippen LogP contribution in [0.5, 0.6) is 0 Å². The fraction of sp³-hybridized carbons (Fsp3) is 0.533. The molecular formula is C15H21FN2OS. The van der Waals surface area contributed by atoms with Gasteiger partial charge in [-0.1, -0.05) is 6.92 Å². The second-order valence-electron chi connectivity index (χ2n) is 5.49. The summed E-state index contributed by atoms with van der Waals surface area (Å²) in [6, 6.07) is 4.21. The Labute approximate surface area is 125 Å². The third-order valence-electron chi connectivity index (χ3n) is 3.59. The van der Waals surface area contributed by atoms with E-state index in [0.29, 0.717) is 18.0 Å². The van der Waals surface area contributed by atoms with Gasteiger partial charge in [-0.3, -0.25) is 4.79 Å². The number of nitrogens with zero attached hydrogens (tertiary/aromatic N) is 1. The SMILES string of the molecule is CC(CNC(=O)c1ccc(F)c(S)c1)CN1CCCC1. The van der Waals surface area contributed by atoms with Crippen molar-refractivity contribution in [3.05, 3.63) is 29.6 Å². The maximum Gasteiger partial charge on any atom is 0.251 e. The van der Waals surface area contributed by atoms with Crippen molar-refractivity contribution in [3.63, 3.8) is 0 Å². The van der Waals surface area contributed by atoms with Crippen molar-refractivity contribution in [3.8, 4) is 0 Å². The van der Waals surface area contributed by atoms with Crippen LogP contribution in [0.15, 0.2) is 23.1 Å². The fourth-order valence-corrected chi connectivity index (χ4v) is 2.71. The second kappa shape index (κ2) is 7.09. The first-order valence-electron chi connectivity index (χ1n) is 7.05. The summed E-state index contributed by atoms with van der Waals surface area (Å²) in [5.74, 6) is -0.172. The van der Waals surface area contributed by atoms with Gasteiger partial charge in [-0.15, -0.1) is 12.6 Å². The van der Waals surface area contributed by atoms with Gasteiger partial charge in [0.05, 0.1) is 0 Å². The van der Waals surface area contributed by atoms with Crippen LogP contribution in [0.25, 0.3) is 0 Å². The Morgan fingerprint density at radius 1 is 1.45 bits per heavy atom. The molecule has 0 saturated carbocycles. The number of carbonyl (C=O) groups is 1. The Hall–Kier alpha value is -1.07. The molecule has 1 fully saturated rings. The minimum Gasteiger partial charge on any atom is -0.352 e. The van der Waals surface area contributed by atoms with Crippen LogP contribution in [0.3, 0.4) is 0 Å². The van der Waals surface area contributed by atoms with E-state index < -0.39 is 5.82 Å². The molecule has 1 saturated heterocycles. The zero-order chi connectivity index (χ0) is 14.5. The maximum atomic E-state index is 13.1. The molecule has 1 heterocycles. The van der Waals surface area contributed by atoms with Crippen LogP contribution in [0.1, 0.15) is 30.1 Å². The molecule has 1 amide bonds. The smallest absolute Gasteiger partial charge is 0.251 e. The quantitative estimate of drug-likeness (QED) is 0.819. The number of nitrogens with one attached hydrogen (secondary N) is 1. The van der Waals surface area contributed by atoms with Crippen molar-refractivity contribution in [2.45, 2.75) is 24.7 Å². The lowest BCUT2D eigenvalue weighted by Crippen LogP contribution is -2.34. The summed E-state index contributed by atoms with van der Waals surface area (Å²) in [6.45, 7) is 6.11. The summed E-state index contributed by atoms with van der Waals surface area (Å²) >= 11 is 3.99. The van der Waals surface area contributed by atoms with Crippen molar-refractivity contribution >= 4 is 18.5 Å². The topological polar surface area (TPSA) is 32.3 Å². The summed E-state index contributed by atoms with van der Waals surface area (Å²) < 4.78 is 13.1. The van der Waals surface area contributed by atoms with Gasteiger partial charge in [0.2, 0.25) is 0 Å². The lowest BCUT2D eigenvalue weighted by molar-refractivity contribution is 0.0945. The lowest BCUT2D eigenvalue weighted by atomic mass is 10.1. The van der Waals surface area contributed by atoms with Gasteiger partial charge in [0.25, 0.3) is 5.91 Å². The molecule has 2 rings (SSSR count). The molecule has 0 spiro atoms. The molecule has 1 atom stereocenters. The Kier molecular flexibility index (Phi) is 5.43. The van der Waals surface area contributed by atoms with Gasteiger partial charge in [-0.05, 0) is 50.0 Å². The number of rotatable bonds is 5. The van der Waals surface area contributed by atoms with Gasteiger partial charge in [0.1, 0.15) is 5.82 Å². The zero-order valence-corrected chi connectivity index (χ0v) is 12.6. The highest BCUT2D eigenvalue weighted by Gasteiger charge is 2.15. The highest BCUT2D eigenvalue weighted by Crippen LogP contribution is 2.14. The molecule has 1 N–H and O–H groups in total. The minimum atomic E-state index is -0.410. The average Bonchev–Trinajstić information content (AvgIpc) is 2.92. The van der Waals surface area contributed by atoms with Gasteiger partial charge in [0.15, 0.2) is 0 Å². The monoisotopic (exact) mass is 296 g/mol. The van der Waals surface area contributed by atoms with Crippen LogP contribution in [0.4, 0.5) is 4.39 Å². The highest BCUT2D eigenvalue weighted by atomic mass is 32.1. The van der Waals surface area contributed by atoms with E-state index in [1.54, 1.807) is 0 Å². The van der Waals surface area contributed by atoms with E-state index in [4.69, 9.17) is 0 Å². The molecule has 0 radical (unpaired) electrons. The third kappa shape index (κ3) is 4.21. The van der Waals surface area contributed by atoms with Gasteiger partial charge in [-0.2, -0.15) is 0 Å². The third-order valence-corrected chi connectivity index (χ3v) is 3.93. The van der Waals surface area contributed by atoms with Crippen LogP contribution in [0, 0.1) is 11.7 Å². The lowest BCUT2D eigenvalue weighted by Gasteiger charge is -2.20. The Morgan fingerprint density at radius 2 is 2.15 bits per heavy atom. The molecule has 1 aliphatic heterocycles. The number of amides is 1. The first kappa shape index (κ1) is 15.3. The summed E-state index contributed by atoms with van der Waals surface area (Å²) in [6.07, 6.45) is 2.55. The van der Waals surface area contributed by atoms with E-state index in [9.17, 15) is 9.18 Å². The molecule has 5 heteroatoms. The zero-order valence-electron chi connectivity index (χ0n) is 11.7. The Bertz CT molecular complexity index is 475. The molecule has 110 valence electrons. The van der Waals surface area contributed by atoms with Crippen molar-refractivity contribution < 1.29 is 9.18 Å². The van der Waals surface area contributed by atoms with Crippen LogP contribution < -0.4 is 5.32 Å². The number of hydrogen-bond donors (Lipinski definition) is 2. The van der Waals surface area contributed by atoms with E-state index in [-0.39, 0.29) is 10.8 Å². The number of likely N-dealkylation sites (tertiary alicyclic amines) is 1. The summed E-state index contributed by atoms with van der Waals surface area (Å²) in [7, 11) is 0. The predicted octanol–water partition coefficient (Wildman–Crippen LogP) is 2.58. The van der Waals surface area contributed by atoms with E-state index in [2.05, 4.69) is 29.8 Å². The van der Waals surface area contributed by atoms with Crippen molar-refractivity contribution in [2.75, 3.05) is 26.2 Å². The van der Waals surface area contributed by atoms with Crippen LogP contribution in [0.2, 0.25) is 0 Å². The molecule has 0 aromatic heterocycles. The molecule has 1 aromatic carbocycles. The van der Waals surface area contributed by atoms with Gasteiger partial charge in [0, 0.05) is 23.5 Å². The first-order valence-corrected chi connectivity index (χ1v) is 7.50. The van der Waals surface area contributed by atoms with E-state index in [1.807, 2.05) is 0 Å². The molecular weight excluding hydrogens is 275 g/mol. The molecule has 20 heavy (non-hydrogen) atoms. The molecule has 1 aliphatic rings. The van der Waals surface area contributed by atoms with Crippen molar-refractivity contribution in [1.29, 1.82) is 0 Å². The number of hydrogen-bond acceptors (Lipinski definition) is 3.